The Labute approximate surface area is 137 Å². The van der Waals surface area contributed by atoms with Gasteiger partial charge in [0.15, 0.2) is 11.5 Å². The van der Waals surface area contributed by atoms with Gasteiger partial charge in [0.1, 0.15) is 0 Å². The van der Waals surface area contributed by atoms with Crippen molar-refractivity contribution in [1.82, 2.24) is 9.97 Å². The lowest BCUT2D eigenvalue weighted by molar-refractivity contribution is 0.174. The molecule has 114 valence electrons. The van der Waals surface area contributed by atoms with Crippen molar-refractivity contribution < 1.29 is 9.47 Å². The van der Waals surface area contributed by atoms with Gasteiger partial charge in [-0.2, -0.15) is 0 Å². The summed E-state index contributed by atoms with van der Waals surface area (Å²) in [6.07, 6.45) is 0. The van der Waals surface area contributed by atoms with Crippen molar-refractivity contribution >= 4 is 17.5 Å². The second-order valence-corrected chi connectivity index (χ2v) is 5.45. The number of fused-ring (bicyclic) bond motifs is 1. The molecule has 0 unspecified atom stereocenters. The van der Waals surface area contributed by atoms with Gasteiger partial charge in [0.2, 0.25) is 12.7 Å². The van der Waals surface area contributed by atoms with Crippen LogP contribution in [0.4, 0.5) is 5.95 Å². The number of benzene rings is 2. The minimum absolute atomic E-state index is 0.190. The van der Waals surface area contributed by atoms with Crippen LogP contribution in [0, 0.1) is 0 Å². The Kier molecular flexibility index (Phi) is 3.28. The third kappa shape index (κ3) is 2.55. The molecule has 2 N–H and O–H groups in total. The number of halogens is 1. The molecular weight excluding hydrogens is 314 g/mol. The average molecular weight is 326 g/mol. The molecule has 6 heteroatoms. The molecule has 0 bridgehead atoms. The highest BCUT2D eigenvalue weighted by molar-refractivity contribution is 6.33. The average Bonchev–Trinajstić information content (AvgIpc) is 3.02. The zero-order valence-electron chi connectivity index (χ0n) is 12.0. The summed E-state index contributed by atoms with van der Waals surface area (Å²) in [4.78, 5) is 8.60. The van der Waals surface area contributed by atoms with Gasteiger partial charge in [0.25, 0.3) is 0 Å². The van der Waals surface area contributed by atoms with Crippen LogP contribution in [0.15, 0.2) is 48.5 Å². The highest BCUT2D eigenvalue weighted by Gasteiger charge is 2.15. The summed E-state index contributed by atoms with van der Waals surface area (Å²) < 4.78 is 10.7. The number of rotatable bonds is 2. The number of nitrogen functional groups attached to an aromatic ring is 1. The number of hydrogen-bond acceptors (Lipinski definition) is 5. The molecule has 1 aliphatic heterocycles. The van der Waals surface area contributed by atoms with E-state index in [-0.39, 0.29) is 12.7 Å². The molecular formula is C17H12ClN3O2. The molecule has 0 atom stereocenters. The Balaban J connectivity index is 1.83. The van der Waals surface area contributed by atoms with E-state index >= 15 is 0 Å². The molecule has 1 aromatic heterocycles. The van der Waals surface area contributed by atoms with Gasteiger partial charge in [-0.25, -0.2) is 9.97 Å². The lowest BCUT2D eigenvalue weighted by atomic mass is 10.1. The molecule has 0 radical (unpaired) electrons. The second-order valence-electron chi connectivity index (χ2n) is 5.04. The summed E-state index contributed by atoms with van der Waals surface area (Å²) in [6, 6.07) is 15.0. The minimum atomic E-state index is 0.190. The van der Waals surface area contributed by atoms with E-state index in [1.807, 2.05) is 48.5 Å². The Morgan fingerprint density at radius 2 is 1.70 bits per heavy atom. The number of hydrogen-bond donors (Lipinski definition) is 1. The Bertz CT molecular complexity index is 899. The summed E-state index contributed by atoms with van der Waals surface area (Å²) in [6.45, 7) is 0.232. The maximum Gasteiger partial charge on any atom is 0.231 e. The third-order valence-electron chi connectivity index (χ3n) is 3.56. The SMILES string of the molecule is Nc1nc(-c2ccc3c(c2)OCO3)cc(-c2ccccc2Cl)n1. The summed E-state index contributed by atoms with van der Waals surface area (Å²) in [5, 5.41) is 0.613. The van der Waals surface area contributed by atoms with Crippen LogP contribution in [0.1, 0.15) is 0 Å². The van der Waals surface area contributed by atoms with Gasteiger partial charge in [-0.1, -0.05) is 29.8 Å². The van der Waals surface area contributed by atoms with Gasteiger partial charge in [0.05, 0.1) is 11.4 Å². The molecule has 4 rings (SSSR count). The molecule has 0 fully saturated rings. The maximum atomic E-state index is 6.25. The molecule has 0 saturated heterocycles. The Morgan fingerprint density at radius 3 is 2.57 bits per heavy atom. The number of nitrogens with zero attached hydrogens (tertiary/aromatic N) is 2. The Morgan fingerprint density at radius 1 is 0.913 bits per heavy atom. The molecule has 3 aromatic rings. The quantitative estimate of drug-likeness (QED) is 0.776. The number of nitrogens with two attached hydrogens (primary N) is 1. The van der Waals surface area contributed by atoms with Crippen LogP contribution < -0.4 is 15.2 Å². The maximum absolute atomic E-state index is 6.25. The van der Waals surface area contributed by atoms with E-state index in [4.69, 9.17) is 26.8 Å². The van der Waals surface area contributed by atoms with Crippen molar-refractivity contribution in [1.29, 1.82) is 0 Å². The first-order valence-corrected chi connectivity index (χ1v) is 7.38. The fraction of sp³-hybridized carbons (Fsp3) is 0.0588. The number of anilines is 1. The monoisotopic (exact) mass is 325 g/mol. The van der Waals surface area contributed by atoms with Crippen LogP contribution >= 0.6 is 11.6 Å². The molecule has 0 aliphatic carbocycles. The van der Waals surface area contributed by atoms with Crippen molar-refractivity contribution in [3.05, 3.63) is 53.6 Å². The standard InChI is InChI=1S/C17H12ClN3O2/c18-12-4-2-1-3-11(12)14-8-13(20-17(19)21-14)10-5-6-15-16(7-10)23-9-22-15/h1-8H,9H2,(H2,19,20,21). The van der Waals surface area contributed by atoms with Crippen molar-refractivity contribution in [3.63, 3.8) is 0 Å². The van der Waals surface area contributed by atoms with Crippen LogP contribution in [0.25, 0.3) is 22.5 Å². The summed E-state index contributed by atoms with van der Waals surface area (Å²) in [5.41, 5.74) is 8.93. The molecule has 0 spiro atoms. The molecule has 23 heavy (non-hydrogen) atoms. The van der Waals surface area contributed by atoms with Crippen LogP contribution in [0.3, 0.4) is 0 Å². The largest absolute Gasteiger partial charge is 0.454 e. The van der Waals surface area contributed by atoms with Crippen LogP contribution in [0.2, 0.25) is 5.02 Å². The van der Waals surface area contributed by atoms with E-state index in [9.17, 15) is 0 Å². The van der Waals surface area contributed by atoms with E-state index in [2.05, 4.69) is 9.97 Å². The number of ether oxygens (including phenoxy) is 2. The van der Waals surface area contributed by atoms with Gasteiger partial charge < -0.3 is 15.2 Å². The first kappa shape index (κ1) is 13.8. The molecule has 0 amide bonds. The van der Waals surface area contributed by atoms with E-state index in [1.165, 1.54) is 0 Å². The van der Waals surface area contributed by atoms with E-state index in [0.717, 1.165) is 16.9 Å². The molecule has 5 nitrogen and oxygen atoms in total. The Hall–Kier alpha value is -2.79. The molecule has 0 saturated carbocycles. The number of aromatic nitrogens is 2. The fourth-order valence-electron chi connectivity index (χ4n) is 2.48. The lowest BCUT2D eigenvalue weighted by Gasteiger charge is -2.08. The van der Waals surface area contributed by atoms with Crippen LogP contribution in [0.5, 0.6) is 11.5 Å². The van der Waals surface area contributed by atoms with Crippen LogP contribution in [-0.4, -0.2) is 16.8 Å². The summed E-state index contributed by atoms with van der Waals surface area (Å²) >= 11 is 6.25. The van der Waals surface area contributed by atoms with Gasteiger partial charge in [0, 0.05) is 16.1 Å². The normalized spacial score (nSPS) is 12.4. The van der Waals surface area contributed by atoms with E-state index in [1.54, 1.807) is 0 Å². The fourth-order valence-corrected chi connectivity index (χ4v) is 2.71. The second kappa shape index (κ2) is 5.44. The highest BCUT2D eigenvalue weighted by atomic mass is 35.5. The van der Waals surface area contributed by atoms with E-state index < -0.39 is 0 Å². The van der Waals surface area contributed by atoms with Gasteiger partial charge in [-0.15, -0.1) is 0 Å². The topological polar surface area (TPSA) is 70.3 Å². The van der Waals surface area contributed by atoms with Crippen molar-refractivity contribution in [2.24, 2.45) is 0 Å². The van der Waals surface area contributed by atoms with Gasteiger partial charge in [-0.3, -0.25) is 0 Å². The summed E-state index contributed by atoms with van der Waals surface area (Å²) in [5.74, 6) is 1.61. The minimum Gasteiger partial charge on any atom is -0.454 e. The van der Waals surface area contributed by atoms with Crippen LogP contribution in [-0.2, 0) is 0 Å². The van der Waals surface area contributed by atoms with Gasteiger partial charge >= 0.3 is 0 Å². The smallest absolute Gasteiger partial charge is 0.231 e. The first-order valence-electron chi connectivity index (χ1n) is 7.00. The van der Waals surface area contributed by atoms with Crippen molar-refractivity contribution in [2.75, 3.05) is 12.5 Å². The van der Waals surface area contributed by atoms with Gasteiger partial charge in [-0.05, 0) is 30.3 Å². The van der Waals surface area contributed by atoms with Crippen molar-refractivity contribution in [2.45, 2.75) is 0 Å². The molecule has 1 aliphatic rings. The zero-order chi connectivity index (χ0) is 15.8. The molecule has 2 heterocycles. The predicted molar refractivity (Wildman–Crippen MR) is 88.4 cm³/mol. The third-order valence-corrected chi connectivity index (χ3v) is 3.89. The molecule has 2 aromatic carbocycles. The zero-order valence-corrected chi connectivity index (χ0v) is 12.7. The predicted octanol–water partition coefficient (Wildman–Crippen LogP) is 3.77. The first-order chi connectivity index (χ1) is 11.2. The van der Waals surface area contributed by atoms with E-state index in [0.29, 0.717) is 22.2 Å². The van der Waals surface area contributed by atoms with Crippen molar-refractivity contribution in [3.8, 4) is 34.0 Å². The highest BCUT2D eigenvalue weighted by Crippen LogP contribution is 2.36. The summed E-state index contributed by atoms with van der Waals surface area (Å²) in [7, 11) is 0. The lowest BCUT2D eigenvalue weighted by Crippen LogP contribution is -1.99.